The van der Waals surface area contributed by atoms with Gasteiger partial charge in [0.25, 0.3) is 0 Å². The summed E-state index contributed by atoms with van der Waals surface area (Å²) in [5.74, 6) is 0.881. The van der Waals surface area contributed by atoms with E-state index in [1.54, 1.807) is 0 Å². The molecule has 4 heteroatoms. The highest BCUT2D eigenvalue weighted by Gasteiger charge is 2.29. The van der Waals surface area contributed by atoms with Crippen molar-refractivity contribution in [2.45, 2.75) is 0 Å². The number of hydrogen-bond acceptors (Lipinski definition) is 2. The van der Waals surface area contributed by atoms with Gasteiger partial charge in [-0.2, -0.15) is 0 Å². The second-order valence-corrected chi connectivity index (χ2v) is 15.7. The van der Waals surface area contributed by atoms with E-state index >= 15 is 0 Å². The number of hydrogen-bond donors (Lipinski definition) is 0. The summed E-state index contributed by atoms with van der Waals surface area (Å²) in [5, 5.41) is 7.39. The molecule has 0 N–H and O–H groups in total. The van der Waals surface area contributed by atoms with Crippen LogP contribution < -0.4 is 0 Å². The Balaban J connectivity index is 1.28. The van der Waals surface area contributed by atoms with E-state index < -0.39 is 0 Å². The third kappa shape index (κ3) is 4.81. The third-order valence-corrected chi connectivity index (χ3v) is 12.7. The van der Waals surface area contributed by atoms with Crippen molar-refractivity contribution in [1.82, 2.24) is 14.1 Å². The van der Waals surface area contributed by atoms with Gasteiger partial charge in [0, 0.05) is 64.1 Å². The maximum Gasteiger partial charge on any atom is 0.138 e. The smallest absolute Gasteiger partial charge is 0.138 e. The van der Waals surface area contributed by atoms with Gasteiger partial charge in [-0.25, -0.2) is 4.98 Å². The zero-order valence-electron chi connectivity index (χ0n) is 30.8. The molecule has 4 heterocycles. The van der Waals surface area contributed by atoms with E-state index in [2.05, 4.69) is 209 Å². The molecule has 0 saturated carbocycles. The molecule has 0 spiro atoms. The van der Waals surface area contributed by atoms with Crippen LogP contribution in [0.25, 0.3) is 109 Å². The topological polar surface area (TPSA) is 22.8 Å². The van der Waals surface area contributed by atoms with Crippen LogP contribution in [-0.2, 0) is 0 Å². The number of thiophene rings is 1. The Morgan fingerprint density at radius 2 is 0.895 bits per heavy atom. The van der Waals surface area contributed by atoms with Crippen molar-refractivity contribution in [1.29, 1.82) is 0 Å². The van der Waals surface area contributed by atoms with E-state index in [1.165, 1.54) is 64.0 Å². The van der Waals surface area contributed by atoms with Gasteiger partial charge in [-0.15, -0.1) is 11.3 Å². The second-order valence-electron chi connectivity index (χ2n) is 14.7. The predicted molar refractivity (Wildman–Crippen MR) is 242 cm³/mol. The zero-order valence-corrected chi connectivity index (χ0v) is 31.6. The van der Waals surface area contributed by atoms with E-state index in [9.17, 15) is 0 Å². The van der Waals surface area contributed by atoms with Gasteiger partial charge in [-0.3, -0.25) is 4.57 Å². The van der Waals surface area contributed by atoms with E-state index in [0.717, 1.165) is 44.8 Å². The van der Waals surface area contributed by atoms with Crippen LogP contribution >= 0.6 is 11.3 Å². The molecule has 266 valence electrons. The van der Waals surface area contributed by atoms with Crippen molar-refractivity contribution in [2.75, 3.05) is 0 Å². The first-order chi connectivity index (χ1) is 28.3. The average Bonchev–Trinajstić information content (AvgIpc) is 3.95. The molecule has 0 aliphatic heterocycles. The van der Waals surface area contributed by atoms with Gasteiger partial charge in [0.1, 0.15) is 5.82 Å². The molecule has 0 bridgehead atoms. The summed E-state index contributed by atoms with van der Waals surface area (Å²) in [7, 11) is 0. The van der Waals surface area contributed by atoms with Gasteiger partial charge >= 0.3 is 0 Å². The lowest BCUT2D eigenvalue weighted by Gasteiger charge is -2.18. The molecule has 57 heavy (non-hydrogen) atoms. The lowest BCUT2D eigenvalue weighted by molar-refractivity contribution is 1.08. The summed E-state index contributed by atoms with van der Waals surface area (Å²) < 4.78 is 7.49. The summed E-state index contributed by atoms with van der Waals surface area (Å²) >= 11 is 1.84. The molecule has 0 aliphatic carbocycles. The fraction of sp³-hybridized carbons (Fsp3) is 0. The molecule has 0 fully saturated rings. The molecule has 0 saturated heterocycles. The summed E-state index contributed by atoms with van der Waals surface area (Å²) in [5.41, 5.74) is 12.6. The van der Waals surface area contributed by atoms with Crippen LogP contribution in [0.15, 0.2) is 200 Å². The molecular formula is C53H33N3S. The molecule has 8 aromatic carbocycles. The number of aromatic nitrogens is 3. The number of para-hydroxylation sites is 3. The molecule has 12 aromatic rings. The lowest BCUT2D eigenvalue weighted by atomic mass is 9.87. The van der Waals surface area contributed by atoms with Crippen LogP contribution in [0.3, 0.4) is 0 Å². The highest BCUT2D eigenvalue weighted by Crippen LogP contribution is 2.52. The molecule has 4 aromatic heterocycles. The van der Waals surface area contributed by atoms with Crippen LogP contribution in [0.5, 0.6) is 0 Å². The average molecular weight is 744 g/mol. The van der Waals surface area contributed by atoms with Crippen molar-refractivity contribution in [3.8, 4) is 45.0 Å². The first kappa shape index (κ1) is 32.0. The van der Waals surface area contributed by atoms with Gasteiger partial charge in [0.2, 0.25) is 0 Å². The van der Waals surface area contributed by atoms with Gasteiger partial charge in [0.05, 0.1) is 27.8 Å². The van der Waals surface area contributed by atoms with Gasteiger partial charge in [-0.1, -0.05) is 146 Å². The minimum absolute atomic E-state index is 0.881. The number of fused-ring (bicyclic) bond motifs is 10. The summed E-state index contributed by atoms with van der Waals surface area (Å²) in [6.45, 7) is 0. The Kier molecular flexibility index (Phi) is 7.10. The molecule has 0 radical (unpaired) electrons. The quantitative estimate of drug-likeness (QED) is 0.172. The van der Waals surface area contributed by atoms with Crippen molar-refractivity contribution in [3.05, 3.63) is 200 Å². The van der Waals surface area contributed by atoms with Crippen LogP contribution in [0, 0.1) is 0 Å². The SMILES string of the molecule is c1ccc(-c2c(-c3ccccc3)c3c4ccccc4n(-c4cccc(-c5ccc6sc7ccccc7c6c5)n4)c3c3c2c2ccccc2n3-c2ccccc2)cc1. The number of benzene rings is 8. The first-order valence-electron chi connectivity index (χ1n) is 19.4. The number of pyridine rings is 1. The minimum atomic E-state index is 0.881. The minimum Gasteiger partial charge on any atom is -0.307 e. The molecule has 0 unspecified atom stereocenters. The molecule has 3 nitrogen and oxygen atoms in total. The monoisotopic (exact) mass is 743 g/mol. The van der Waals surface area contributed by atoms with E-state index in [0.29, 0.717) is 0 Å². The number of nitrogens with zero attached hydrogens (tertiary/aromatic N) is 3. The lowest BCUT2D eigenvalue weighted by Crippen LogP contribution is -2.02. The van der Waals surface area contributed by atoms with Crippen LogP contribution in [0.4, 0.5) is 0 Å². The Morgan fingerprint density at radius 3 is 1.56 bits per heavy atom. The van der Waals surface area contributed by atoms with Crippen molar-refractivity contribution in [2.24, 2.45) is 0 Å². The maximum atomic E-state index is 5.56. The van der Waals surface area contributed by atoms with Crippen molar-refractivity contribution >= 4 is 75.1 Å². The molecular weight excluding hydrogens is 711 g/mol. The molecule has 12 rings (SSSR count). The predicted octanol–water partition coefficient (Wildman–Crippen LogP) is 14.6. The van der Waals surface area contributed by atoms with Crippen molar-refractivity contribution in [3.63, 3.8) is 0 Å². The highest BCUT2D eigenvalue weighted by atomic mass is 32.1. The van der Waals surface area contributed by atoms with Crippen LogP contribution in [0.2, 0.25) is 0 Å². The summed E-state index contributed by atoms with van der Waals surface area (Å²) in [6.07, 6.45) is 0. The highest BCUT2D eigenvalue weighted by molar-refractivity contribution is 7.25. The Hall–Kier alpha value is -7.27. The molecule has 0 amide bonds. The Labute approximate surface area is 333 Å². The molecule has 0 aliphatic rings. The standard InChI is InChI=1S/C53H33N3S/c1-4-17-34(18-5-1)48-49(35-19-6-2-7-20-35)51-40-25-11-14-28-44(40)56(53(51)52-50(48)39-24-10-13-27-43(39)55(52)37-21-8-3-9-22-37)47-30-16-26-42(54-47)36-31-32-46-41(33-36)38-23-12-15-29-45(38)57-46/h1-33H. The normalized spacial score (nSPS) is 11.9. The molecule has 0 atom stereocenters. The number of rotatable bonds is 5. The Morgan fingerprint density at radius 1 is 0.368 bits per heavy atom. The first-order valence-corrected chi connectivity index (χ1v) is 20.2. The fourth-order valence-electron chi connectivity index (χ4n) is 9.15. The van der Waals surface area contributed by atoms with E-state index in [4.69, 9.17) is 4.98 Å². The van der Waals surface area contributed by atoms with E-state index in [-0.39, 0.29) is 0 Å². The summed E-state index contributed by atoms with van der Waals surface area (Å²) in [4.78, 5) is 5.56. The van der Waals surface area contributed by atoms with Crippen LogP contribution in [-0.4, -0.2) is 14.1 Å². The van der Waals surface area contributed by atoms with Gasteiger partial charge in [0.15, 0.2) is 0 Å². The third-order valence-electron chi connectivity index (χ3n) is 11.5. The second kappa shape index (κ2) is 12.6. The Bertz CT molecular complexity index is 3500. The van der Waals surface area contributed by atoms with E-state index in [1.807, 2.05) is 11.3 Å². The van der Waals surface area contributed by atoms with Gasteiger partial charge < -0.3 is 4.57 Å². The summed E-state index contributed by atoms with van der Waals surface area (Å²) in [6, 6.07) is 72.4. The maximum absolute atomic E-state index is 5.56. The van der Waals surface area contributed by atoms with Crippen molar-refractivity contribution < 1.29 is 0 Å². The zero-order chi connectivity index (χ0) is 37.5. The fourth-order valence-corrected chi connectivity index (χ4v) is 10.2. The largest absolute Gasteiger partial charge is 0.307 e. The van der Waals surface area contributed by atoms with Gasteiger partial charge in [-0.05, 0) is 65.7 Å². The van der Waals surface area contributed by atoms with Crippen LogP contribution in [0.1, 0.15) is 0 Å².